The molecular formula is C12H20N2OS. The average Bonchev–Trinajstić information content (AvgIpc) is 2.90. The molecule has 16 heavy (non-hydrogen) atoms. The minimum absolute atomic E-state index is 0.0211. The van der Waals surface area contributed by atoms with Crippen LogP contribution >= 0.6 is 11.3 Å². The quantitative estimate of drug-likeness (QED) is 0.859. The Labute approximate surface area is 101 Å². The van der Waals surface area contributed by atoms with Gasteiger partial charge in [-0.3, -0.25) is 0 Å². The molecule has 0 radical (unpaired) electrons. The summed E-state index contributed by atoms with van der Waals surface area (Å²) in [6, 6.07) is 0. The normalized spacial score (nSPS) is 21.5. The Morgan fingerprint density at radius 3 is 3.12 bits per heavy atom. The molecule has 2 heterocycles. The van der Waals surface area contributed by atoms with Crippen LogP contribution in [0.2, 0.25) is 0 Å². The summed E-state index contributed by atoms with van der Waals surface area (Å²) in [7, 11) is 0. The van der Waals surface area contributed by atoms with Gasteiger partial charge in [-0.1, -0.05) is 0 Å². The molecule has 1 aliphatic heterocycles. The van der Waals surface area contributed by atoms with Crippen molar-refractivity contribution in [3.8, 4) is 0 Å². The summed E-state index contributed by atoms with van der Waals surface area (Å²) in [5.41, 5.74) is -0.0211. The van der Waals surface area contributed by atoms with E-state index in [0.29, 0.717) is 6.10 Å². The molecule has 0 bridgehead atoms. The molecule has 1 atom stereocenters. The summed E-state index contributed by atoms with van der Waals surface area (Å²) < 4.78 is 5.61. The van der Waals surface area contributed by atoms with Crippen molar-refractivity contribution < 1.29 is 4.74 Å². The number of hydrogen-bond donors (Lipinski definition) is 1. The summed E-state index contributed by atoms with van der Waals surface area (Å²) in [6.07, 6.45) is 5.89. The van der Waals surface area contributed by atoms with Crippen molar-refractivity contribution in [2.75, 3.05) is 13.2 Å². The average molecular weight is 240 g/mol. The van der Waals surface area contributed by atoms with E-state index in [9.17, 15) is 0 Å². The molecule has 90 valence electrons. The molecule has 0 aliphatic carbocycles. The summed E-state index contributed by atoms with van der Waals surface area (Å²) in [5.74, 6) is 0. The molecule has 1 aromatic heterocycles. The van der Waals surface area contributed by atoms with Crippen LogP contribution in [0.25, 0.3) is 0 Å². The summed E-state index contributed by atoms with van der Waals surface area (Å²) in [5, 5.41) is 6.74. The Morgan fingerprint density at radius 2 is 2.50 bits per heavy atom. The lowest BCUT2D eigenvalue weighted by molar-refractivity contribution is 0.102. The monoisotopic (exact) mass is 240 g/mol. The Morgan fingerprint density at radius 1 is 1.62 bits per heavy atom. The zero-order valence-electron chi connectivity index (χ0n) is 10.0. The number of aromatic nitrogens is 1. The second kappa shape index (κ2) is 5.25. The van der Waals surface area contributed by atoms with E-state index < -0.39 is 0 Å². The van der Waals surface area contributed by atoms with Crippen molar-refractivity contribution in [2.24, 2.45) is 0 Å². The van der Waals surface area contributed by atoms with Crippen LogP contribution in [0.15, 0.2) is 11.6 Å². The van der Waals surface area contributed by atoms with Crippen LogP contribution in [0, 0.1) is 0 Å². The van der Waals surface area contributed by atoms with Crippen LogP contribution in [0.3, 0.4) is 0 Å². The van der Waals surface area contributed by atoms with Gasteiger partial charge in [0.25, 0.3) is 0 Å². The van der Waals surface area contributed by atoms with Gasteiger partial charge in [0, 0.05) is 18.2 Å². The molecule has 4 heteroatoms. The first-order chi connectivity index (χ1) is 7.68. The number of nitrogens with zero attached hydrogens (tertiary/aromatic N) is 1. The summed E-state index contributed by atoms with van der Waals surface area (Å²) in [4.78, 5) is 4.36. The lowest BCUT2D eigenvalue weighted by Gasteiger charge is -2.24. The van der Waals surface area contributed by atoms with Crippen molar-refractivity contribution in [2.45, 2.75) is 44.8 Å². The van der Waals surface area contributed by atoms with Crippen LogP contribution < -0.4 is 5.32 Å². The van der Waals surface area contributed by atoms with Gasteiger partial charge in [0.15, 0.2) is 0 Å². The Balaban J connectivity index is 1.76. The van der Waals surface area contributed by atoms with Crippen LogP contribution in [0.5, 0.6) is 0 Å². The first-order valence-corrected chi connectivity index (χ1v) is 6.83. The largest absolute Gasteiger partial charge is 0.378 e. The zero-order chi connectivity index (χ0) is 11.4. The highest BCUT2D eigenvalue weighted by Crippen LogP contribution is 2.22. The van der Waals surface area contributed by atoms with E-state index in [1.165, 1.54) is 12.8 Å². The predicted octanol–water partition coefficient (Wildman–Crippen LogP) is 2.54. The van der Waals surface area contributed by atoms with Gasteiger partial charge in [-0.05, 0) is 39.7 Å². The molecule has 1 fully saturated rings. The van der Waals surface area contributed by atoms with Gasteiger partial charge < -0.3 is 10.1 Å². The molecule has 1 N–H and O–H groups in total. The maximum Gasteiger partial charge on any atom is 0.112 e. The molecule has 2 rings (SSSR count). The van der Waals surface area contributed by atoms with E-state index in [1.807, 2.05) is 11.6 Å². The first-order valence-electron chi connectivity index (χ1n) is 5.95. The topological polar surface area (TPSA) is 34.1 Å². The van der Waals surface area contributed by atoms with Crippen molar-refractivity contribution in [3.05, 3.63) is 16.6 Å². The molecule has 0 amide bonds. The van der Waals surface area contributed by atoms with Crippen molar-refractivity contribution >= 4 is 11.3 Å². The Bertz CT molecular complexity index is 305. The zero-order valence-corrected chi connectivity index (χ0v) is 10.8. The van der Waals surface area contributed by atoms with Crippen LogP contribution in [0.4, 0.5) is 0 Å². The molecule has 1 aromatic rings. The number of rotatable bonds is 5. The van der Waals surface area contributed by atoms with Gasteiger partial charge in [-0.15, -0.1) is 11.3 Å². The molecule has 0 spiro atoms. The highest BCUT2D eigenvalue weighted by Gasteiger charge is 2.23. The molecule has 1 unspecified atom stereocenters. The lowest BCUT2D eigenvalue weighted by atomic mass is 10.1. The predicted molar refractivity (Wildman–Crippen MR) is 66.7 cm³/mol. The van der Waals surface area contributed by atoms with Crippen molar-refractivity contribution in [1.82, 2.24) is 10.3 Å². The van der Waals surface area contributed by atoms with Crippen molar-refractivity contribution in [3.63, 3.8) is 0 Å². The molecule has 1 aliphatic rings. The molecule has 3 nitrogen and oxygen atoms in total. The fourth-order valence-corrected chi connectivity index (χ4v) is 2.76. The van der Waals surface area contributed by atoms with Crippen LogP contribution in [-0.2, 0) is 10.3 Å². The SMILES string of the molecule is CC(C)(NCCC1CCCO1)c1nccs1. The fraction of sp³-hybridized carbons (Fsp3) is 0.750. The van der Waals surface area contributed by atoms with E-state index in [-0.39, 0.29) is 5.54 Å². The van der Waals surface area contributed by atoms with Gasteiger partial charge in [0.05, 0.1) is 11.6 Å². The second-order valence-corrected chi connectivity index (χ2v) is 5.71. The maximum absolute atomic E-state index is 5.61. The number of nitrogens with one attached hydrogen (secondary N) is 1. The fourth-order valence-electron chi connectivity index (χ4n) is 2.03. The van der Waals surface area contributed by atoms with E-state index >= 15 is 0 Å². The standard InChI is InChI=1S/C12H20N2OS/c1-12(2,11-13-7-9-16-11)14-6-5-10-4-3-8-15-10/h7,9-10,14H,3-6,8H2,1-2H3. The Kier molecular flexibility index (Phi) is 3.95. The van der Waals surface area contributed by atoms with E-state index in [2.05, 4.69) is 24.1 Å². The van der Waals surface area contributed by atoms with Crippen LogP contribution in [0.1, 0.15) is 38.1 Å². The molecule has 0 saturated carbocycles. The number of ether oxygens (including phenoxy) is 1. The molecular weight excluding hydrogens is 220 g/mol. The summed E-state index contributed by atoms with van der Waals surface area (Å²) in [6.45, 7) is 6.31. The maximum atomic E-state index is 5.61. The first kappa shape index (κ1) is 12.0. The van der Waals surface area contributed by atoms with E-state index in [4.69, 9.17) is 4.74 Å². The number of hydrogen-bond acceptors (Lipinski definition) is 4. The van der Waals surface area contributed by atoms with Gasteiger partial charge in [0.2, 0.25) is 0 Å². The van der Waals surface area contributed by atoms with Crippen molar-refractivity contribution in [1.29, 1.82) is 0 Å². The third kappa shape index (κ3) is 3.03. The molecule has 0 aromatic carbocycles. The highest BCUT2D eigenvalue weighted by molar-refractivity contribution is 7.09. The minimum Gasteiger partial charge on any atom is -0.378 e. The molecule has 1 saturated heterocycles. The van der Waals surface area contributed by atoms with Crippen LogP contribution in [-0.4, -0.2) is 24.2 Å². The smallest absolute Gasteiger partial charge is 0.112 e. The highest BCUT2D eigenvalue weighted by atomic mass is 32.1. The van der Waals surface area contributed by atoms with Gasteiger partial charge in [-0.25, -0.2) is 4.98 Å². The van der Waals surface area contributed by atoms with Gasteiger partial charge in [0.1, 0.15) is 5.01 Å². The third-order valence-corrected chi connectivity index (χ3v) is 4.12. The lowest BCUT2D eigenvalue weighted by Crippen LogP contribution is -2.38. The van der Waals surface area contributed by atoms with E-state index in [1.54, 1.807) is 11.3 Å². The van der Waals surface area contributed by atoms with Gasteiger partial charge >= 0.3 is 0 Å². The summed E-state index contributed by atoms with van der Waals surface area (Å²) >= 11 is 1.71. The third-order valence-electron chi connectivity index (χ3n) is 3.02. The Hall–Kier alpha value is -0.450. The second-order valence-electron chi connectivity index (χ2n) is 4.81. The van der Waals surface area contributed by atoms with Gasteiger partial charge in [-0.2, -0.15) is 0 Å². The van der Waals surface area contributed by atoms with E-state index in [0.717, 1.165) is 24.6 Å². The number of thiazole rings is 1. The minimum atomic E-state index is -0.0211.